The third kappa shape index (κ3) is 7.69. The van der Waals surface area contributed by atoms with Crippen LogP contribution in [0.15, 0.2) is 77.3 Å². The first-order valence-corrected chi connectivity index (χ1v) is 13.2. The lowest BCUT2D eigenvalue weighted by molar-refractivity contribution is -0.143. The first-order chi connectivity index (χ1) is 17.3. The van der Waals surface area contributed by atoms with E-state index in [1.807, 2.05) is 93.6 Å². The highest BCUT2D eigenvalue weighted by molar-refractivity contribution is 9.10. The molecule has 1 atom stereocenters. The third-order valence-corrected chi connectivity index (χ3v) is 6.68. The fraction of sp³-hybridized carbons (Fsp3) is 0.333. The van der Waals surface area contributed by atoms with Gasteiger partial charge < -0.3 is 15.0 Å². The monoisotopic (exact) mass is 550 g/mol. The number of halogens is 1. The topological polar surface area (TPSA) is 58.6 Å². The van der Waals surface area contributed by atoms with Crippen molar-refractivity contribution in [2.45, 2.75) is 59.2 Å². The predicted octanol–water partition coefficient (Wildman–Crippen LogP) is 5.86. The number of benzene rings is 3. The Morgan fingerprint density at radius 2 is 1.67 bits per heavy atom. The number of carbonyl (C=O) groups excluding carboxylic acids is 2. The molecular formula is C30H35BrN2O3. The van der Waals surface area contributed by atoms with E-state index >= 15 is 0 Å². The Kier molecular flexibility index (Phi) is 10.1. The summed E-state index contributed by atoms with van der Waals surface area (Å²) in [6.45, 7) is 8.09. The zero-order valence-electron chi connectivity index (χ0n) is 21.5. The molecule has 190 valence electrons. The Morgan fingerprint density at radius 1 is 0.972 bits per heavy atom. The van der Waals surface area contributed by atoms with Gasteiger partial charge in [0.1, 0.15) is 11.8 Å². The minimum absolute atomic E-state index is 0.0459. The predicted molar refractivity (Wildman–Crippen MR) is 148 cm³/mol. The van der Waals surface area contributed by atoms with Crippen molar-refractivity contribution < 1.29 is 14.3 Å². The molecule has 0 heterocycles. The van der Waals surface area contributed by atoms with E-state index in [4.69, 9.17) is 4.74 Å². The lowest BCUT2D eigenvalue weighted by atomic mass is 10.0. The Morgan fingerprint density at radius 3 is 2.31 bits per heavy atom. The number of ether oxygens (including phenoxy) is 1. The van der Waals surface area contributed by atoms with Gasteiger partial charge in [0.2, 0.25) is 5.91 Å². The van der Waals surface area contributed by atoms with Crippen LogP contribution >= 0.6 is 15.9 Å². The summed E-state index contributed by atoms with van der Waals surface area (Å²) in [6, 6.07) is 22.9. The van der Waals surface area contributed by atoms with Gasteiger partial charge in [-0.3, -0.25) is 9.59 Å². The molecule has 0 fully saturated rings. The van der Waals surface area contributed by atoms with E-state index < -0.39 is 6.04 Å². The Labute approximate surface area is 223 Å². The van der Waals surface area contributed by atoms with E-state index in [1.165, 1.54) is 5.56 Å². The molecule has 5 nitrogen and oxygen atoms in total. The van der Waals surface area contributed by atoms with Gasteiger partial charge in [-0.05, 0) is 77.5 Å². The first-order valence-electron chi connectivity index (χ1n) is 12.4. The van der Waals surface area contributed by atoms with Crippen LogP contribution in [0.2, 0.25) is 0 Å². The van der Waals surface area contributed by atoms with Crippen LogP contribution in [0.5, 0.6) is 5.75 Å². The summed E-state index contributed by atoms with van der Waals surface area (Å²) in [6.07, 6.45) is 1.32. The molecule has 0 bridgehead atoms. The summed E-state index contributed by atoms with van der Waals surface area (Å²) in [7, 11) is 0. The van der Waals surface area contributed by atoms with Crippen molar-refractivity contribution in [1.82, 2.24) is 10.2 Å². The van der Waals surface area contributed by atoms with Crippen molar-refractivity contribution in [2.24, 2.45) is 0 Å². The highest BCUT2D eigenvalue weighted by Gasteiger charge is 2.31. The first kappa shape index (κ1) is 27.5. The van der Waals surface area contributed by atoms with Gasteiger partial charge >= 0.3 is 0 Å². The lowest BCUT2D eigenvalue weighted by Crippen LogP contribution is -2.52. The minimum atomic E-state index is -0.684. The summed E-state index contributed by atoms with van der Waals surface area (Å²) in [5.74, 6) is 0.177. The van der Waals surface area contributed by atoms with Crippen LogP contribution in [-0.4, -0.2) is 35.4 Å². The van der Waals surface area contributed by atoms with Crippen molar-refractivity contribution in [3.05, 3.63) is 99.5 Å². The maximum Gasteiger partial charge on any atom is 0.261 e. The Bertz CT molecular complexity index is 1160. The molecule has 3 rings (SSSR count). The van der Waals surface area contributed by atoms with Gasteiger partial charge in [0.25, 0.3) is 5.91 Å². The van der Waals surface area contributed by atoms with Gasteiger partial charge in [0, 0.05) is 19.0 Å². The number of nitrogens with zero attached hydrogens (tertiary/aromatic N) is 1. The van der Waals surface area contributed by atoms with Crippen LogP contribution in [-0.2, 0) is 29.0 Å². The number of hydrogen-bond acceptors (Lipinski definition) is 3. The molecule has 3 aromatic carbocycles. The molecule has 3 aromatic rings. The van der Waals surface area contributed by atoms with Crippen molar-refractivity contribution in [2.75, 3.05) is 6.61 Å². The van der Waals surface area contributed by atoms with Crippen LogP contribution in [0.3, 0.4) is 0 Å². The van der Waals surface area contributed by atoms with Gasteiger partial charge in [0.15, 0.2) is 6.61 Å². The molecule has 0 aromatic heterocycles. The van der Waals surface area contributed by atoms with E-state index in [0.29, 0.717) is 18.7 Å². The molecule has 6 heteroatoms. The summed E-state index contributed by atoms with van der Waals surface area (Å²) in [4.78, 5) is 28.8. The highest BCUT2D eigenvalue weighted by atomic mass is 79.9. The van der Waals surface area contributed by atoms with Crippen molar-refractivity contribution in [3.8, 4) is 5.75 Å². The molecule has 0 saturated heterocycles. The second-order valence-electron chi connectivity index (χ2n) is 9.22. The second kappa shape index (κ2) is 13.3. The maximum atomic E-state index is 13.7. The van der Waals surface area contributed by atoms with Crippen LogP contribution in [0.4, 0.5) is 0 Å². The Balaban J connectivity index is 1.92. The molecule has 0 spiro atoms. The summed E-state index contributed by atoms with van der Waals surface area (Å²) >= 11 is 3.55. The number of carbonyl (C=O) groups is 2. The van der Waals surface area contributed by atoms with Gasteiger partial charge in [0.05, 0.1) is 4.47 Å². The van der Waals surface area contributed by atoms with E-state index in [-0.39, 0.29) is 24.5 Å². The quantitative estimate of drug-likeness (QED) is 0.325. The van der Waals surface area contributed by atoms with Gasteiger partial charge in [-0.25, -0.2) is 0 Å². The molecule has 0 aliphatic carbocycles. The molecule has 0 aliphatic rings. The molecule has 0 aliphatic heterocycles. The largest absolute Gasteiger partial charge is 0.483 e. The summed E-state index contributed by atoms with van der Waals surface area (Å²) in [5, 5.41) is 3.01. The van der Waals surface area contributed by atoms with Crippen LogP contribution in [0.25, 0.3) is 0 Å². The number of nitrogens with one attached hydrogen (secondary N) is 1. The fourth-order valence-electron chi connectivity index (χ4n) is 4.01. The average molecular weight is 552 g/mol. The van der Waals surface area contributed by atoms with Gasteiger partial charge in [-0.1, -0.05) is 67.6 Å². The smallest absolute Gasteiger partial charge is 0.261 e. The zero-order chi connectivity index (χ0) is 26.1. The summed E-state index contributed by atoms with van der Waals surface area (Å²) < 4.78 is 6.74. The van der Waals surface area contributed by atoms with Crippen LogP contribution < -0.4 is 10.1 Å². The molecule has 0 radical (unpaired) electrons. The highest BCUT2D eigenvalue weighted by Crippen LogP contribution is 2.26. The molecule has 36 heavy (non-hydrogen) atoms. The molecular weight excluding hydrogens is 516 g/mol. The fourth-order valence-corrected chi connectivity index (χ4v) is 4.55. The van der Waals surface area contributed by atoms with Crippen molar-refractivity contribution in [3.63, 3.8) is 0 Å². The molecule has 0 unspecified atom stereocenters. The zero-order valence-corrected chi connectivity index (χ0v) is 23.0. The summed E-state index contributed by atoms with van der Waals surface area (Å²) in [5.41, 5.74) is 4.23. The second-order valence-corrected chi connectivity index (χ2v) is 10.1. The van der Waals surface area contributed by atoms with E-state index in [2.05, 4.69) is 28.2 Å². The van der Waals surface area contributed by atoms with Crippen LogP contribution in [0.1, 0.15) is 43.0 Å². The van der Waals surface area contributed by atoms with Crippen molar-refractivity contribution in [1.29, 1.82) is 0 Å². The number of aryl methyl sites for hydroxylation is 2. The molecule has 2 amide bonds. The molecule has 0 saturated carbocycles. The van der Waals surface area contributed by atoms with E-state index in [0.717, 1.165) is 27.6 Å². The van der Waals surface area contributed by atoms with Gasteiger partial charge in [-0.15, -0.1) is 0 Å². The van der Waals surface area contributed by atoms with E-state index in [9.17, 15) is 9.59 Å². The van der Waals surface area contributed by atoms with Gasteiger partial charge in [-0.2, -0.15) is 0 Å². The van der Waals surface area contributed by atoms with E-state index in [1.54, 1.807) is 4.90 Å². The number of rotatable bonds is 11. The third-order valence-electron chi connectivity index (χ3n) is 6.06. The average Bonchev–Trinajstić information content (AvgIpc) is 2.86. The lowest BCUT2D eigenvalue weighted by Gasteiger charge is -2.32. The molecule has 1 N–H and O–H groups in total. The number of hydrogen-bond donors (Lipinski definition) is 1. The Hall–Kier alpha value is -3.12. The number of amides is 2. The maximum absolute atomic E-state index is 13.7. The standard InChI is InChI=1S/C30H35BrN2O3/c1-5-23-15-16-28(26(31)17-23)36-20-29(34)33(19-25-14-10-9-11-22(25)4)27(30(35)32-21(2)3)18-24-12-7-6-8-13-24/h6-17,21,27H,5,18-20H2,1-4H3,(H,32,35)/t27-/m1/s1. The van der Waals surface area contributed by atoms with Crippen LogP contribution in [0, 0.1) is 6.92 Å². The SMILES string of the molecule is CCc1ccc(OCC(=O)N(Cc2ccccc2C)[C@H](Cc2ccccc2)C(=O)NC(C)C)c(Br)c1. The normalized spacial score (nSPS) is 11.7. The minimum Gasteiger partial charge on any atom is -0.483 e. The van der Waals surface area contributed by atoms with Crippen molar-refractivity contribution >= 4 is 27.7 Å².